The van der Waals surface area contributed by atoms with Gasteiger partial charge < -0.3 is 29.7 Å². The van der Waals surface area contributed by atoms with Gasteiger partial charge in [0, 0.05) is 18.3 Å². The van der Waals surface area contributed by atoms with Crippen molar-refractivity contribution in [2.24, 2.45) is 0 Å². The summed E-state index contributed by atoms with van der Waals surface area (Å²) in [6, 6.07) is 13.0. The van der Waals surface area contributed by atoms with Crippen LogP contribution in [0.1, 0.15) is 12.8 Å². The quantitative estimate of drug-likeness (QED) is 0.263. The molecule has 0 aliphatic carbocycles. The smallest absolute Gasteiger partial charge is 0.490 e. The van der Waals surface area contributed by atoms with E-state index in [4.69, 9.17) is 34.0 Å². The Labute approximate surface area is 256 Å². The number of anilines is 1. The van der Waals surface area contributed by atoms with Gasteiger partial charge in [0.25, 0.3) is 5.91 Å². The molecule has 12 nitrogen and oxygen atoms in total. The molecule has 2 aliphatic heterocycles. The van der Waals surface area contributed by atoms with Crippen LogP contribution >= 0.6 is 0 Å². The fraction of sp³-hybridized carbons (Fsp3) is 0.357. The number of fused-ring (bicyclic) bond motifs is 1. The molecule has 0 saturated carbocycles. The van der Waals surface area contributed by atoms with Gasteiger partial charge >= 0.3 is 24.3 Å². The average Bonchev–Trinajstić information content (AvgIpc) is 3.73. The first-order chi connectivity index (χ1) is 21.6. The molecule has 1 amide bonds. The van der Waals surface area contributed by atoms with E-state index in [9.17, 15) is 31.1 Å². The lowest BCUT2D eigenvalue weighted by Crippen LogP contribution is -2.40. The number of H-pyrrole nitrogens is 1. The fourth-order valence-electron chi connectivity index (χ4n) is 3.99. The van der Waals surface area contributed by atoms with Crippen LogP contribution in [0.5, 0.6) is 17.2 Å². The maximum Gasteiger partial charge on any atom is 0.490 e. The van der Waals surface area contributed by atoms with Crippen molar-refractivity contribution in [3.05, 3.63) is 54.9 Å². The Bertz CT molecular complexity index is 1440. The summed E-state index contributed by atoms with van der Waals surface area (Å²) in [5.41, 5.74) is 2.51. The van der Waals surface area contributed by atoms with Gasteiger partial charge in [-0.25, -0.2) is 9.59 Å². The Hall–Kier alpha value is -5.00. The second-order valence-corrected chi connectivity index (χ2v) is 9.55. The summed E-state index contributed by atoms with van der Waals surface area (Å²) in [7, 11) is 0. The number of ether oxygens (including phenoxy) is 3. The zero-order valence-corrected chi connectivity index (χ0v) is 23.7. The highest BCUT2D eigenvalue weighted by atomic mass is 19.4. The number of carboxylic acid groups (broad SMARTS) is 2. The highest BCUT2D eigenvalue weighted by molar-refractivity contribution is 5.96. The Morgan fingerprint density at radius 2 is 1.57 bits per heavy atom. The Morgan fingerprint density at radius 1 is 0.957 bits per heavy atom. The van der Waals surface area contributed by atoms with Gasteiger partial charge in [0.2, 0.25) is 6.10 Å². The van der Waals surface area contributed by atoms with Gasteiger partial charge in [0.05, 0.1) is 11.9 Å². The van der Waals surface area contributed by atoms with E-state index in [1.807, 2.05) is 42.6 Å². The number of likely N-dealkylation sites (tertiary alicyclic amines) is 1. The molecule has 0 radical (unpaired) electrons. The monoisotopic (exact) mass is 662 g/mol. The molecular formula is C28H28F6N4O8. The van der Waals surface area contributed by atoms with Crippen molar-refractivity contribution in [2.45, 2.75) is 31.3 Å². The van der Waals surface area contributed by atoms with Crippen LogP contribution in [0.2, 0.25) is 0 Å². The van der Waals surface area contributed by atoms with Crippen LogP contribution in [0.15, 0.2) is 54.9 Å². The third kappa shape index (κ3) is 10.9. The molecule has 5 rings (SSSR count). The van der Waals surface area contributed by atoms with Gasteiger partial charge in [-0.15, -0.1) is 0 Å². The van der Waals surface area contributed by atoms with Gasteiger partial charge in [-0.2, -0.15) is 31.4 Å². The van der Waals surface area contributed by atoms with Crippen molar-refractivity contribution in [2.75, 3.05) is 38.2 Å². The molecule has 1 saturated heterocycles. The number of halogens is 6. The number of aromatic nitrogens is 2. The minimum absolute atomic E-state index is 0.154. The third-order valence-electron chi connectivity index (χ3n) is 6.22. The van der Waals surface area contributed by atoms with Crippen molar-refractivity contribution in [1.82, 2.24) is 15.1 Å². The number of hydrogen-bond acceptors (Lipinski definition) is 8. The lowest BCUT2D eigenvalue weighted by atomic mass is 10.1. The molecule has 250 valence electrons. The Kier molecular flexibility index (Phi) is 12.2. The second kappa shape index (κ2) is 15.8. The molecule has 18 heteroatoms. The number of carbonyl (C=O) groups excluding carboxylic acids is 1. The van der Waals surface area contributed by atoms with Crippen LogP contribution in [0.3, 0.4) is 0 Å². The van der Waals surface area contributed by atoms with E-state index >= 15 is 0 Å². The number of nitrogens with zero attached hydrogens (tertiary/aromatic N) is 2. The normalized spacial score (nSPS) is 15.8. The van der Waals surface area contributed by atoms with Gasteiger partial charge in [0.1, 0.15) is 19.0 Å². The molecule has 2 aliphatic rings. The van der Waals surface area contributed by atoms with Crippen molar-refractivity contribution in [1.29, 1.82) is 0 Å². The summed E-state index contributed by atoms with van der Waals surface area (Å²) >= 11 is 0. The van der Waals surface area contributed by atoms with Gasteiger partial charge in [0.15, 0.2) is 11.5 Å². The van der Waals surface area contributed by atoms with Crippen LogP contribution in [0.25, 0.3) is 11.1 Å². The number of amides is 1. The highest BCUT2D eigenvalue weighted by Crippen LogP contribution is 2.33. The SMILES string of the molecule is O=C(Nc1ccc(-c2cn[nH]c2)cc1OCCN1CCCC1)C1COc2ccccc2O1.O=C(O)C(F)(F)F.O=C(O)C(F)(F)F. The zero-order valence-electron chi connectivity index (χ0n) is 23.7. The highest BCUT2D eigenvalue weighted by Gasteiger charge is 2.39. The Balaban J connectivity index is 0.000000345. The summed E-state index contributed by atoms with van der Waals surface area (Å²) in [6.07, 6.45) is -4.84. The van der Waals surface area contributed by atoms with Crippen molar-refractivity contribution >= 4 is 23.5 Å². The van der Waals surface area contributed by atoms with E-state index in [1.54, 1.807) is 12.3 Å². The van der Waals surface area contributed by atoms with E-state index in [2.05, 4.69) is 20.4 Å². The zero-order chi connectivity index (χ0) is 33.9. The van der Waals surface area contributed by atoms with Gasteiger partial charge in [-0.05, 0) is 55.8 Å². The topological polar surface area (TPSA) is 163 Å². The standard InChI is InChI=1S/C24H26N4O4.2C2HF3O2/c29-24(23-16-31-20-5-1-2-6-21(20)32-23)27-19-8-7-17(18-14-25-26-15-18)13-22(19)30-12-11-28-9-3-4-10-28;2*3-2(4,5)1(6)7/h1-2,5-8,13-15,23H,3-4,9-12,16H2,(H,25,26)(H,27,29);2*(H,6,7). The van der Waals surface area contributed by atoms with Gasteiger partial charge in [-0.1, -0.05) is 18.2 Å². The molecule has 0 spiro atoms. The summed E-state index contributed by atoms with van der Waals surface area (Å²) in [5.74, 6) is -3.96. The van der Waals surface area contributed by atoms with Crippen LogP contribution < -0.4 is 19.5 Å². The molecular weight excluding hydrogens is 634 g/mol. The number of hydrogen-bond donors (Lipinski definition) is 4. The number of aliphatic carboxylic acids is 2. The average molecular weight is 663 g/mol. The van der Waals surface area contributed by atoms with E-state index in [-0.39, 0.29) is 12.5 Å². The summed E-state index contributed by atoms with van der Waals surface area (Å²) in [5, 5.41) is 24.1. The third-order valence-corrected chi connectivity index (χ3v) is 6.22. The predicted molar refractivity (Wildman–Crippen MR) is 148 cm³/mol. The van der Waals surface area contributed by atoms with Crippen LogP contribution in [0, 0.1) is 0 Å². The number of aromatic amines is 1. The molecule has 46 heavy (non-hydrogen) atoms. The first-order valence-electron chi connectivity index (χ1n) is 13.4. The lowest BCUT2D eigenvalue weighted by molar-refractivity contribution is -0.193. The molecule has 0 bridgehead atoms. The number of carbonyl (C=O) groups is 3. The van der Waals surface area contributed by atoms with Gasteiger partial charge in [-0.3, -0.25) is 14.8 Å². The summed E-state index contributed by atoms with van der Waals surface area (Å²) in [6.45, 7) is 3.79. The minimum Gasteiger partial charge on any atom is -0.490 e. The first-order valence-corrected chi connectivity index (χ1v) is 13.4. The number of para-hydroxylation sites is 2. The number of alkyl halides is 6. The summed E-state index contributed by atoms with van der Waals surface area (Å²) < 4.78 is 81.1. The van der Waals surface area contributed by atoms with E-state index in [0.717, 1.165) is 30.8 Å². The summed E-state index contributed by atoms with van der Waals surface area (Å²) in [4.78, 5) is 33.1. The molecule has 2 aromatic carbocycles. The molecule has 1 atom stereocenters. The van der Waals surface area contributed by atoms with Crippen molar-refractivity contribution in [3.8, 4) is 28.4 Å². The van der Waals surface area contributed by atoms with E-state index in [1.165, 1.54) is 12.8 Å². The molecule has 1 fully saturated rings. The maximum absolute atomic E-state index is 12.9. The van der Waals surface area contributed by atoms with E-state index in [0.29, 0.717) is 29.5 Å². The first kappa shape index (κ1) is 35.5. The lowest BCUT2D eigenvalue weighted by Gasteiger charge is -2.26. The maximum atomic E-state index is 12.9. The molecule has 4 N–H and O–H groups in total. The van der Waals surface area contributed by atoms with Crippen LogP contribution in [0.4, 0.5) is 32.0 Å². The van der Waals surface area contributed by atoms with E-state index < -0.39 is 30.4 Å². The molecule has 3 aromatic rings. The number of nitrogens with one attached hydrogen (secondary N) is 2. The molecule has 1 unspecified atom stereocenters. The number of rotatable bonds is 7. The number of benzene rings is 2. The molecule has 3 heterocycles. The van der Waals surface area contributed by atoms with Crippen molar-refractivity contribution in [3.63, 3.8) is 0 Å². The fourth-order valence-corrected chi connectivity index (χ4v) is 3.99. The molecule has 1 aromatic heterocycles. The van der Waals surface area contributed by atoms with Crippen LogP contribution in [-0.4, -0.2) is 94.5 Å². The number of carboxylic acids is 2. The van der Waals surface area contributed by atoms with Crippen molar-refractivity contribution < 1.29 is 65.1 Å². The largest absolute Gasteiger partial charge is 0.490 e. The predicted octanol–water partition coefficient (Wildman–Crippen LogP) is 4.60. The van der Waals surface area contributed by atoms with Crippen LogP contribution in [-0.2, 0) is 14.4 Å². The Morgan fingerprint density at radius 3 is 2.13 bits per heavy atom. The minimum atomic E-state index is -5.08. The second-order valence-electron chi connectivity index (χ2n) is 9.55.